The van der Waals surface area contributed by atoms with Crippen LogP contribution in [0, 0.1) is 0 Å². The molecule has 0 aliphatic heterocycles. The van der Waals surface area contributed by atoms with E-state index in [2.05, 4.69) is 0 Å². The van der Waals surface area contributed by atoms with Crippen LogP contribution in [0.5, 0.6) is 5.75 Å². The van der Waals surface area contributed by atoms with Gasteiger partial charge in [-0.15, -0.1) is 0 Å². The smallest absolute Gasteiger partial charge is 0.119 e. The summed E-state index contributed by atoms with van der Waals surface area (Å²) in [6.07, 6.45) is 2.51. The summed E-state index contributed by atoms with van der Waals surface area (Å²) in [7, 11) is 0. The largest absolute Gasteiger partial charge is 0.508 e. The average molecular weight is 148 g/mol. The number of phenols is 1. The summed E-state index contributed by atoms with van der Waals surface area (Å²) >= 11 is 0. The van der Waals surface area contributed by atoms with Gasteiger partial charge < -0.3 is 10.2 Å². The molecule has 0 bridgehead atoms. The standard InChI is InChI=1S/C9H8O2/c10-7-3-1-6-2-4-9(11)8(6)5-7/h1,3-5,10-11H,2H2. The molecular formula is C9H8O2. The van der Waals surface area contributed by atoms with Crippen molar-refractivity contribution in [2.45, 2.75) is 6.42 Å². The summed E-state index contributed by atoms with van der Waals surface area (Å²) < 4.78 is 0. The Labute approximate surface area is 64.4 Å². The maximum Gasteiger partial charge on any atom is 0.119 e. The lowest BCUT2D eigenvalue weighted by molar-refractivity contribution is 0.473. The van der Waals surface area contributed by atoms with Crippen LogP contribution in [0.25, 0.3) is 5.76 Å². The molecule has 0 atom stereocenters. The summed E-state index contributed by atoms with van der Waals surface area (Å²) in [5, 5.41) is 18.3. The number of rotatable bonds is 0. The van der Waals surface area contributed by atoms with E-state index < -0.39 is 0 Å². The molecule has 0 saturated carbocycles. The lowest BCUT2D eigenvalue weighted by atomic mass is 10.1. The first-order valence-electron chi connectivity index (χ1n) is 3.49. The zero-order valence-corrected chi connectivity index (χ0v) is 5.91. The Morgan fingerprint density at radius 3 is 2.82 bits per heavy atom. The Hall–Kier alpha value is -1.44. The number of phenolic OH excluding ortho intramolecular Hbond substituents is 1. The number of fused-ring (bicyclic) bond motifs is 1. The van der Waals surface area contributed by atoms with Crippen LogP contribution in [-0.4, -0.2) is 10.2 Å². The molecule has 0 amide bonds. The molecule has 1 aliphatic carbocycles. The third-order valence-corrected chi connectivity index (χ3v) is 1.88. The van der Waals surface area contributed by atoms with Crippen molar-refractivity contribution in [3.8, 4) is 5.75 Å². The lowest BCUT2D eigenvalue weighted by Crippen LogP contribution is -1.82. The molecule has 0 fully saturated rings. The van der Waals surface area contributed by atoms with Crippen LogP contribution >= 0.6 is 0 Å². The van der Waals surface area contributed by atoms with Gasteiger partial charge in [-0.05, 0) is 30.2 Å². The van der Waals surface area contributed by atoms with Crippen molar-refractivity contribution in [3.05, 3.63) is 35.4 Å². The Kier molecular flexibility index (Phi) is 1.15. The second-order valence-corrected chi connectivity index (χ2v) is 2.63. The Morgan fingerprint density at radius 2 is 2.00 bits per heavy atom. The molecule has 1 aliphatic rings. The minimum Gasteiger partial charge on any atom is -0.508 e. The second-order valence-electron chi connectivity index (χ2n) is 2.63. The molecule has 0 radical (unpaired) electrons. The first-order chi connectivity index (χ1) is 5.27. The van der Waals surface area contributed by atoms with E-state index in [1.165, 1.54) is 0 Å². The van der Waals surface area contributed by atoms with E-state index in [1.54, 1.807) is 18.2 Å². The Bertz CT molecular complexity index is 326. The maximum absolute atomic E-state index is 9.26. The van der Waals surface area contributed by atoms with Crippen LogP contribution in [-0.2, 0) is 6.42 Å². The van der Waals surface area contributed by atoms with Crippen molar-refractivity contribution in [1.82, 2.24) is 0 Å². The third kappa shape index (κ3) is 0.871. The molecule has 56 valence electrons. The first kappa shape index (κ1) is 6.28. The fraction of sp³-hybridized carbons (Fsp3) is 0.111. The average Bonchev–Trinajstić information content (AvgIpc) is 2.33. The molecular weight excluding hydrogens is 140 g/mol. The van der Waals surface area contributed by atoms with E-state index in [-0.39, 0.29) is 11.5 Å². The van der Waals surface area contributed by atoms with Gasteiger partial charge in [0.1, 0.15) is 11.5 Å². The van der Waals surface area contributed by atoms with E-state index in [4.69, 9.17) is 5.11 Å². The zero-order valence-electron chi connectivity index (χ0n) is 5.91. The van der Waals surface area contributed by atoms with Crippen LogP contribution in [0.3, 0.4) is 0 Å². The molecule has 2 N–H and O–H groups in total. The van der Waals surface area contributed by atoms with Gasteiger partial charge in [0.25, 0.3) is 0 Å². The SMILES string of the molecule is OC1=CCc2ccc(O)cc21. The first-order valence-corrected chi connectivity index (χ1v) is 3.49. The number of allylic oxidation sites excluding steroid dienone is 1. The van der Waals surface area contributed by atoms with Crippen molar-refractivity contribution >= 4 is 5.76 Å². The summed E-state index contributed by atoms with van der Waals surface area (Å²) in [6.45, 7) is 0. The summed E-state index contributed by atoms with van der Waals surface area (Å²) in [5.41, 5.74) is 1.82. The van der Waals surface area contributed by atoms with E-state index in [1.807, 2.05) is 6.07 Å². The quantitative estimate of drug-likeness (QED) is 0.589. The summed E-state index contributed by atoms with van der Waals surface area (Å²) in [5.74, 6) is 0.474. The van der Waals surface area contributed by atoms with Crippen molar-refractivity contribution in [2.24, 2.45) is 0 Å². The number of aromatic hydroxyl groups is 1. The number of aliphatic hydroxyl groups excluding tert-OH is 1. The molecule has 11 heavy (non-hydrogen) atoms. The highest BCUT2D eigenvalue weighted by Crippen LogP contribution is 2.27. The highest BCUT2D eigenvalue weighted by Gasteiger charge is 2.12. The number of hydrogen-bond acceptors (Lipinski definition) is 2. The van der Waals surface area contributed by atoms with Gasteiger partial charge in [-0.3, -0.25) is 0 Å². The van der Waals surface area contributed by atoms with Crippen molar-refractivity contribution in [1.29, 1.82) is 0 Å². The monoisotopic (exact) mass is 148 g/mol. The third-order valence-electron chi connectivity index (χ3n) is 1.88. The molecule has 0 saturated heterocycles. The molecule has 2 rings (SSSR count). The van der Waals surface area contributed by atoms with Crippen LogP contribution in [0.4, 0.5) is 0 Å². The van der Waals surface area contributed by atoms with Gasteiger partial charge in [0, 0.05) is 5.56 Å². The van der Waals surface area contributed by atoms with Crippen LogP contribution in [0.15, 0.2) is 24.3 Å². The van der Waals surface area contributed by atoms with Gasteiger partial charge in [0.05, 0.1) is 0 Å². The van der Waals surface area contributed by atoms with Gasteiger partial charge in [0.2, 0.25) is 0 Å². The fourth-order valence-corrected chi connectivity index (χ4v) is 1.30. The highest BCUT2D eigenvalue weighted by molar-refractivity contribution is 5.68. The molecule has 1 aromatic rings. The molecule has 0 aromatic heterocycles. The predicted molar refractivity (Wildman–Crippen MR) is 42.4 cm³/mol. The fourth-order valence-electron chi connectivity index (χ4n) is 1.30. The zero-order chi connectivity index (χ0) is 7.84. The topological polar surface area (TPSA) is 40.5 Å². The van der Waals surface area contributed by atoms with Gasteiger partial charge in [0.15, 0.2) is 0 Å². The number of aliphatic hydroxyl groups is 1. The summed E-state index contributed by atoms with van der Waals surface area (Å²) in [6, 6.07) is 5.03. The van der Waals surface area contributed by atoms with E-state index >= 15 is 0 Å². The van der Waals surface area contributed by atoms with Crippen LogP contribution in [0.1, 0.15) is 11.1 Å². The number of benzene rings is 1. The van der Waals surface area contributed by atoms with Gasteiger partial charge in [-0.25, -0.2) is 0 Å². The minimum atomic E-state index is 0.200. The van der Waals surface area contributed by atoms with E-state index in [0.29, 0.717) is 0 Å². The Balaban J connectivity index is 2.60. The van der Waals surface area contributed by atoms with Crippen molar-refractivity contribution in [2.75, 3.05) is 0 Å². The van der Waals surface area contributed by atoms with Gasteiger partial charge in [-0.2, -0.15) is 0 Å². The maximum atomic E-state index is 9.26. The molecule has 1 aromatic carbocycles. The van der Waals surface area contributed by atoms with E-state index in [0.717, 1.165) is 17.5 Å². The molecule has 2 nitrogen and oxygen atoms in total. The van der Waals surface area contributed by atoms with E-state index in [9.17, 15) is 5.11 Å². The van der Waals surface area contributed by atoms with Crippen LogP contribution in [0.2, 0.25) is 0 Å². The minimum absolute atomic E-state index is 0.200. The van der Waals surface area contributed by atoms with Crippen molar-refractivity contribution in [3.63, 3.8) is 0 Å². The molecule has 0 heterocycles. The predicted octanol–water partition coefficient (Wildman–Crippen LogP) is 1.85. The van der Waals surface area contributed by atoms with Crippen molar-refractivity contribution < 1.29 is 10.2 Å². The second kappa shape index (κ2) is 2.02. The van der Waals surface area contributed by atoms with Gasteiger partial charge >= 0.3 is 0 Å². The number of hydrogen-bond donors (Lipinski definition) is 2. The van der Waals surface area contributed by atoms with Crippen LogP contribution < -0.4 is 0 Å². The molecule has 2 heteroatoms. The molecule has 0 spiro atoms. The normalized spacial score (nSPS) is 14.4. The Morgan fingerprint density at radius 1 is 1.18 bits per heavy atom. The molecule has 0 unspecified atom stereocenters. The highest BCUT2D eigenvalue weighted by atomic mass is 16.3. The lowest BCUT2D eigenvalue weighted by Gasteiger charge is -1.99. The van der Waals surface area contributed by atoms with Gasteiger partial charge in [-0.1, -0.05) is 6.07 Å². The summed E-state index contributed by atoms with van der Waals surface area (Å²) in [4.78, 5) is 0.